The fourth-order valence-electron chi connectivity index (χ4n) is 9.93. The zero-order valence-electron chi connectivity index (χ0n) is 36.2. The van der Waals surface area contributed by atoms with Gasteiger partial charge in [0.2, 0.25) is 0 Å². The Kier molecular flexibility index (Phi) is 9.32. The smallest absolute Gasteiger partial charge is 0.268 e. The predicted octanol–water partition coefficient (Wildman–Crippen LogP) is 15.2. The van der Waals surface area contributed by atoms with Crippen molar-refractivity contribution in [3.63, 3.8) is 0 Å². The van der Waals surface area contributed by atoms with Gasteiger partial charge in [-0.15, -0.1) is 0 Å². The van der Waals surface area contributed by atoms with Crippen molar-refractivity contribution in [3.8, 4) is 61.3 Å². The lowest BCUT2D eigenvalue weighted by Crippen LogP contribution is -2.30. The molecule has 2 amide bonds. The highest BCUT2D eigenvalue weighted by atomic mass is 16.2. The van der Waals surface area contributed by atoms with Gasteiger partial charge < -0.3 is 4.57 Å². The van der Waals surface area contributed by atoms with E-state index in [2.05, 4.69) is 129 Å². The lowest BCUT2D eigenvalue weighted by atomic mass is 9.90. The third-order valence-corrected chi connectivity index (χ3v) is 12.6. The minimum atomic E-state index is -0.358. The van der Waals surface area contributed by atoms with E-state index in [9.17, 15) is 0 Å². The highest BCUT2D eigenvalue weighted by molar-refractivity contribution is 6.37. The van der Waals surface area contributed by atoms with Gasteiger partial charge in [0.1, 0.15) is 0 Å². The van der Waals surface area contributed by atoms with Gasteiger partial charge in [0, 0.05) is 21.9 Å². The van der Waals surface area contributed by atoms with Crippen molar-refractivity contribution in [3.05, 3.63) is 228 Å². The number of anilines is 1. The molecule has 0 atom stereocenters. The normalized spacial score (nSPS) is 12.4. The number of hydrogen-bond donors (Lipinski definition) is 0. The first-order valence-corrected chi connectivity index (χ1v) is 21.8. The van der Waals surface area contributed by atoms with Gasteiger partial charge in [-0.1, -0.05) is 180 Å². The van der Waals surface area contributed by atoms with E-state index in [0.29, 0.717) is 22.5 Å². The highest BCUT2D eigenvalue weighted by Crippen LogP contribution is 2.47. The quantitative estimate of drug-likeness (QED) is 0.150. The van der Waals surface area contributed by atoms with Crippen LogP contribution in [-0.2, 0) is 0 Å². The highest BCUT2D eigenvalue weighted by Gasteiger charge is 2.42. The van der Waals surface area contributed by atoms with Crippen molar-refractivity contribution in [2.24, 2.45) is 0 Å². The molecular weight excluding hydrogens is 781 g/mol. The van der Waals surface area contributed by atoms with Gasteiger partial charge in [0.15, 0.2) is 0 Å². The Labute approximate surface area is 373 Å². The minimum absolute atomic E-state index is 0.351. The minimum Gasteiger partial charge on any atom is -0.308 e. The van der Waals surface area contributed by atoms with Gasteiger partial charge in [-0.05, 0) is 109 Å². The standard InChI is InChI=1S/C60H44N2O2/c1-37-27-38(2)30-46(29-37)44-23-25-49-50-26-24-45(47-31-39(3)28-40(4)32-47)36-56(50)61(55(49)35-44)54-22-14-21-51-57(54)60(64)62(59(51)63)58-52(42-17-10-6-11-18-42)33-48(41-15-8-5-9-16-41)34-53(58)43-19-12-7-13-20-43/h5-36H,1-4H3. The van der Waals surface area contributed by atoms with Crippen molar-refractivity contribution >= 4 is 39.3 Å². The zero-order valence-corrected chi connectivity index (χ0v) is 36.2. The second-order valence-corrected chi connectivity index (χ2v) is 17.2. The van der Waals surface area contributed by atoms with Crippen molar-refractivity contribution in [1.29, 1.82) is 0 Å². The van der Waals surface area contributed by atoms with Crippen LogP contribution in [-0.4, -0.2) is 16.4 Å². The molecule has 0 aliphatic carbocycles. The second kappa shape index (κ2) is 15.4. The van der Waals surface area contributed by atoms with Gasteiger partial charge in [-0.25, -0.2) is 4.90 Å². The Bertz CT molecular complexity index is 3300. The average molecular weight is 825 g/mol. The van der Waals surface area contributed by atoms with Crippen LogP contribution in [0.5, 0.6) is 0 Å². The van der Waals surface area contributed by atoms with Gasteiger partial charge >= 0.3 is 0 Å². The lowest BCUT2D eigenvalue weighted by molar-refractivity contribution is 0.0926. The van der Waals surface area contributed by atoms with E-state index < -0.39 is 0 Å². The van der Waals surface area contributed by atoms with Crippen LogP contribution in [0.3, 0.4) is 0 Å². The molecule has 0 saturated heterocycles. The maximum atomic E-state index is 15.7. The van der Waals surface area contributed by atoms with E-state index >= 15 is 9.59 Å². The summed E-state index contributed by atoms with van der Waals surface area (Å²) in [5, 5.41) is 2.13. The van der Waals surface area contributed by atoms with E-state index in [-0.39, 0.29) is 11.8 Å². The van der Waals surface area contributed by atoms with Gasteiger partial charge in [0.25, 0.3) is 11.8 Å². The Morgan fingerprint density at radius 1 is 0.328 bits per heavy atom. The topological polar surface area (TPSA) is 42.3 Å². The number of carbonyl (C=O) groups excluding carboxylic acids is 2. The molecule has 1 aliphatic heterocycles. The molecule has 0 bridgehead atoms. The van der Waals surface area contributed by atoms with Gasteiger partial charge in [-0.2, -0.15) is 0 Å². The SMILES string of the molecule is Cc1cc(C)cc(-c2ccc3c4ccc(-c5cc(C)cc(C)c5)cc4n(-c4cccc5c4C(=O)N(c4c(-c6ccccc6)cc(-c6ccccc6)cc4-c4ccccc4)C5=O)c3c2)c1. The summed E-state index contributed by atoms with van der Waals surface area (Å²) in [5.74, 6) is -0.709. The molecule has 0 saturated carbocycles. The number of imide groups is 1. The molecular formula is C60H44N2O2. The summed E-state index contributed by atoms with van der Waals surface area (Å²) in [5.41, 5.74) is 18.5. The van der Waals surface area contributed by atoms with Crippen LogP contribution in [0, 0.1) is 27.7 Å². The van der Waals surface area contributed by atoms with E-state index in [4.69, 9.17) is 0 Å². The van der Waals surface area contributed by atoms with Crippen LogP contribution in [0.4, 0.5) is 5.69 Å². The Morgan fingerprint density at radius 3 is 1.23 bits per heavy atom. The third kappa shape index (κ3) is 6.54. The maximum absolute atomic E-state index is 15.7. The largest absolute Gasteiger partial charge is 0.308 e. The number of aromatic nitrogens is 1. The summed E-state index contributed by atoms with van der Waals surface area (Å²) in [6, 6.07) is 66.9. The predicted molar refractivity (Wildman–Crippen MR) is 264 cm³/mol. The van der Waals surface area contributed by atoms with E-state index in [1.54, 1.807) is 6.07 Å². The molecule has 0 unspecified atom stereocenters. The Hall–Kier alpha value is -8.08. The third-order valence-electron chi connectivity index (χ3n) is 12.6. The molecule has 0 N–H and O–H groups in total. The van der Waals surface area contributed by atoms with Crippen molar-refractivity contribution in [1.82, 2.24) is 4.57 Å². The van der Waals surface area contributed by atoms with Gasteiger partial charge in [0.05, 0.1) is 33.5 Å². The molecule has 4 nitrogen and oxygen atoms in total. The molecule has 1 aliphatic rings. The fourth-order valence-corrected chi connectivity index (χ4v) is 9.93. The summed E-state index contributed by atoms with van der Waals surface area (Å²) >= 11 is 0. The summed E-state index contributed by atoms with van der Waals surface area (Å²) in [6.45, 7) is 8.52. The van der Waals surface area contributed by atoms with Crippen LogP contribution >= 0.6 is 0 Å². The van der Waals surface area contributed by atoms with Crippen LogP contribution in [0.25, 0.3) is 83.1 Å². The number of rotatable bonds is 7. The molecule has 0 radical (unpaired) electrons. The first kappa shape index (κ1) is 38.8. The summed E-state index contributed by atoms with van der Waals surface area (Å²) in [4.78, 5) is 32.5. The maximum Gasteiger partial charge on any atom is 0.268 e. The van der Waals surface area contributed by atoms with E-state index in [1.807, 2.05) is 91.0 Å². The average Bonchev–Trinajstić information content (AvgIpc) is 3.77. The zero-order chi connectivity index (χ0) is 43.6. The molecule has 1 aromatic heterocycles. The van der Waals surface area contributed by atoms with Crippen LogP contribution < -0.4 is 4.90 Å². The second-order valence-electron chi connectivity index (χ2n) is 17.2. The Morgan fingerprint density at radius 2 is 0.766 bits per heavy atom. The van der Waals surface area contributed by atoms with Crippen molar-refractivity contribution in [2.45, 2.75) is 27.7 Å². The molecule has 4 heteroatoms. The summed E-state index contributed by atoms with van der Waals surface area (Å²) in [6.07, 6.45) is 0. The van der Waals surface area contributed by atoms with E-state index in [1.165, 1.54) is 27.2 Å². The summed E-state index contributed by atoms with van der Waals surface area (Å²) in [7, 11) is 0. The molecule has 0 spiro atoms. The van der Waals surface area contributed by atoms with Crippen molar-refractivity contribution in [2.75, 3.05) is 4.90 Å². The Balaban J connectivity index is 1.17. The first-order chi connectivity index (χ1) is 31.2. The molecule has 306 valence electrons. The summed E-state index contributed by atoms with van der Waals surface area (Å²) < 4.78 is 2.21. The first-order valence-electron chi connectivity index (χ1n) is 21.8. The van der Waals surface area contributed by atoms with E-state index in [0.717, 1.165) is 77.4 Å². The van der Waals surface area contributed by atoms with Crippen LogP contribution in [0.1, 0.15) is 43.0 Å². The fraction of sp³-hybridized carbons (Fsp3) is 0.0667. The lowest BCUT2D eigenvalue weighted by Gasteiger charge is -2.24. The number of aryl methyl sites for hydroxylation is 4. The number of benzene rings is 9. The number of amides is 2. The molecule has 9 aromatic carbocycles. The number of carbonyl (C=O) groups is 2. The van der Waals surface area contributed by atoms with Crippen LogP contribution in [0.2, 0.25) is 0 Å². The number of fused-ring (bicyclic) bond motifs is 4. The molecule has 0 fully saturated rings. The molecule has 2 heterocycles. The van der Waals surface area contributed by atoms with Gasteiger partial charge in [-0.3, -0.25) is 9.59 Å². The number of nitrogens with zero attached hydrogens (tertiary/aromatic N) is 2. The monoisotopic (exact) mass is 824 g/mol. The number of hydrogen-bond acceptors (Lipinski definition) is 2. The van der Waals surface area contributed by atoms with Crippen molar-refractivity contribution < 1.29 is 9.59 Å². The van der Waals surface area contributed by atoms with Crippen LogP contribution in [0.15, 0.2) is 194 Å². The molecule has 11 rings (SSSR count). The molecule has 10 aromatic rings. The molecule has 64 heavy (non-hydrogen) atoms.